The van der Waals surface area contributed by atoms with Crippen LogP contribution in [0, 0.1) is 0 Å². The molecule has 0 aromatic heterocycles. The van der Waals surface area contributed by atoms with E-state index in [9.17, 15) is 9.90 Å². The minimum absolute atomic E-state index is 0.0974. The predicted octanol–water partition coefficient (Wildman–Crippen LogP) is 5.97. The van der Waals surface area contributed by atoms with Gasteiger partial charge in [0.15, 0.2) is 16.6 Å². The zero-order valence-electron chi connectivity index (χ0n) is 21.6. The van der Waals surface area contributed by atoms with Gasteiger partial charge in [-0.2, -0.15) is 0 Å². The molecule has 0 saturated carbocycles. The summed E-state index contributed by atoms with van der Waals surface area (Å²) in [6, 6.07) is 0. The van der Waals surface area contributed by atoms with Gasteiger partial charge in [0.25, 0.3) is 0 Å². The molecular weight excluding hydrogens is 424 g/mol. The van der Waals surface area contributed by atoms with Crippen LogP contribution in [0.5, 0.6) is 0 Å². The quantitative estimate of drug-likeness (QED) is 0.305. The molecule has 31 heavy (non-hydrogen) atoms. The molecule has 0 saturated heterocycles. The van der Waals surface area contributed by atoms with E-state index in [-0.39, 0.29) is 40.5 Å². The molecular formula is C24H46O5Si2. The Bertz CT molecular complexity index is 656. The monoisotopic (exact) mass is 470 g/mol. The van der Waals surface area contributed by atoms with Gasteiger partial charge in [0.05, 0.1) is 18.3 Å². The van der Waals surface area contributed by atoms with E-state index < -0.39 is 16.6 Å². The zero-order chi connectivity index (χ0) is 24.3. The summed E-state index contributed by atoms with van der Waals surface area (Å²) in [5.41, 5.74) is 0. The van der Waals surface area contributed by atoms with Gasteiger partial charge < -0.3 is 18.7 Å². The molecule has 0 aromatic rings. The molecule has 180 valence electrons. The SMILES string of the molecule is CC(=O)O[C@@H]1C=C[C@@H](O[Si](C)(C)C(C)(C)C)C1.CC(C)(C)[Si](C)(C)O[C@@H]1C=C[C@@H](O)C1. The van der Waals surface area contributed by atoms with Gasteiger partial charge in [0, 0.05) is 19.8 Å². The Morgan fingerprint density at radius 3 is 1.52 bits per heavy atom. The Labute approximate surface area is 192 Å². The van der Waals surface area contributed by atoms with Gasteiger partial charge in [-0.3, -0.25) is 4.79 Å². The van der Waals surface area contributed by atoms with Crippen LogP contribution in [0.3, 0.4) is 0 Å². The second-order valence-corrected chi connectivity index (χ2v) is 21.3. The lowest BCUT2D eigenvalue weighted by Crippen LogP contribution is -2.43. The second-order valence-electron chi connectivity index (χ2n) is 11.8. The van der Waals surface area contributed by atoms with Gasteiger partial charge >= 0.3 is 5.97 Å². The Balaban J connectivity index is 0.000000316. The number of carbonyl (C=O) groups excluding carboxylic acids is 1. The van der Waals surface area contributed by atoms with Crippen molar-refractivity contribution in [1.82, 2.24) is 0 Å². The van der Waals surface area contributed by atoms with Crippen LogP contribution in [-0.2, 0) is 18.4 Å². The van der Waals surface area contributed by atoms with Crippen molar-refractivity contribution in [1.29, 1.82) is 0 Å². The molecule has 2 aliphatic rings. The number of hydrogen-bond acceptors (Lipinski definition) is 5. The third-order valence-corrected chi connectivity index (χ3v) is 15.9. The molecule has 0 spiro atoms. The van der Waals surface area contributed by atoms with E-state index in [0.29, 0.717) is 0 Å². The zero-order valence-corrected chi connectivity index (χ0v) is 23.6. The fourth-order valence-electron chi connectivity index (χ4n) is 2.87. The summed E-state index contributed by atoms with van der Waals surface area (Å²) < 4.78 is 17.5. The van der Waals surface area contributed by atoms with E-state index in [4.69, 9.17) is 13.6 Å². The number of aliphatic hydroxyl groups is 1. The van der Waals surface area contributed by atoms with Crippen LogP contribution in [0.4, 0.5) is 0 Å². The molecule has 0 radical (unpaired) electrons. The predicted molar refractivity (Wildman–Crippen MR) is 133 cm³/mol. The molecule has 0 aliphatic heterocycles. The smallest absolute Gasteiger partial charge is 0.303 e. The third kappa shape index (κ3) is 8.96. The van der Waals surface area contributed by atoms with Gasteiger partial charge in [0.2, 0.25) is 0 Å². The van der Waals surface area contributed by atoms with Crippen LogP contribution in [0.1, 0.15) is 61.3 Å². The van der Waals surface area contributed by atoms with Crippen molar-refractivity contribution < 1.29 is 23.5 Å². The maximum Gasteiger partial charge on any atom is 0.303 e. The number of ether oxygens (including phenoxy) is 1. The maximum absolute atomic E-state index is 10.9. The number of aliphatic hydroxyl groups excluding tert-OH is 1. The average molecular weight is 471 g/mol. The largest absolute Gasteiger partial charge is 0.458 e. The summed E-state index contributed by atoms with van der Waals surface area (Å²) in [6.07, 6.45) is 9.08. The van der Waals surface area contributed by atoms with E-state index in [1.54, 1.807) is 0 Å². The van der Waals surface area contributed by atoms with Crippen molar-refractivity contribution in [2.45, 2.75) is 122 Å². The first-order valence-corrected chi connectivity index (χ1v) is 17.2. The molecule has 1 N–H and O–H groups in total. The van der Waals surface area contributed by atoms with E-state index >= 15 is 0 Å². The lowest BCUT2D eigenvalue weighted by Gasteiger charge is -2.38. The summed E-state index contributed by atoms with van der Waals surface area (Å²) in [6.45, 7) is 23.8. The lowest BCUT2D eigenvalue weighted by atomic mass is 10.2. The topological polar surface area (TPSA) is 65.0 Å². The highest BCUT2D eigenvalue weighted by Gasteiger charge is 2.40. The van der Waals surface area contributed by atoms with Crippen molar-refractivity contribution in [3.63, 3.8) is 0 Å². The molecule has 0 fully saturated rings. The summed E-state index contributed by atoms with van der Waals surface area (Å²) >= 11 is 0. The van der Waals surface area contributed by atoms with E-state index in [1.165, 1.54) is 6.92 Å². The van der Waals surface area contributed by atoms with Crippen LogP contribution < -0.4 is 0 Å². The molecule has 7 heteroatoms. The molecule has 5 nitrogen and oxygen atoms in total. The van der Waals surface area contributed by atoms with Crippen molar-refractivity contribution in [3.05, 3.63) is 24.3 Å². The molecule has 0 amide bonds. The first-order valence-electron chi connectivity index (χ1n) is 11.4. The fraction of sp³-hybridized carbons (Fsp3) is 0.792. The first-order chi connectivity index (χ1) is 13.8. The van der Waals surface area contributed by atoms with Crippen molar-refractivity contribution in [2.24, 2.45) is 0 Å². The Kier molecular flexibility index (Phi) is 9.55. The summed E-state index contributed by atoms with van der Waals surface area (Å²) in [4.78, 5) is 10.9. The van der Waals surface area contributed by atoms with Crippen LogP contribution in [0.2, 0.25) is 36.3 Å². The third-order valence-electron chi connectivity index (χ3n) is 6.85. The summed E-state index contributed by atoms with van der Waals surface area (Å²) in [7, 11) is -3.39. The molecule has 0 bridgehead atoms. The molecule has 0 unspecified atom stereocenters. The van der Waals surface area contributed by atoms with Crippen molar-refractivity contribution >= 4 is 22.6 Å². The highest BCUT2D eigenvalue weighted by Crippen LogP contribution is 2.39. The molecule has 4 atom stereocenters. The van der Waals surface area contributed by atoms with Crippen LogP contribution in [0.15, 0.2) is 24.3 Å². The maximum atomic E-state index is 10.9. The Morgan fingerprint density at radius 2 is 1.16 bits per heavy atom. The lowest BCUT2D eigenvalue weighted by molar-refractivity contribution is -0.144. The molecule has 2 aliphatic carbocycles. The number of carbonyl (C=O) groups is 1. The fourth-order valence-corrected chi connectivity index (χ4v) is 5.44. The summed E-state index contributed by atoms with van der Waals surface area (Å²) in [5.74, 6) is -0.229. The van der Waals surface area contributed by atoms with E-state index in [1.807, 2.05) is 24.3 Å². The molecule has 2 rings (SSSR count). The van der Waals surface area contributed by atoms with Gasteiger partial charge in [-0.05, 0) is 42.3 Å². The average Bonchev–Trinajstić information content (AvgIpc) is 3.13. The van der Waals surface area contributed by atoms with Crippen molar-refractivity contribution in [3.8, 4) is 0 Å². The van der Waals surface area contributed by atoms with E-state index in [0.717, 1.165) is 12.8 Å². The van der Waals surface area contributed by atoms with Gasteiger partial charge in [0.1, 0.15) is 6.10 Å². The molecule has 0 heterocycles. The highest BCUT2D eigenvalue weighted by molar-refractivity contribution is 6.74. The molecule has 0 aromatic carbocycles. The summed E-state index contributed by atoms with van der Waals surface area (Å²) in [5, 5.41) is 9.80. The number of hydrogen-bond donors (Lipinski definition) is 1. The number of esters is 1. The minimum atomic E-state index is -1.73. The normalized spacial score (nSPS) is 26.6. The Hall–Kier alpha value is -0.736. The van der Waals surface area contributed by atoms with Crippen LogP contribution >= 0.6 is 0 Å². The van der Waals surface area contributed by atoms with Gasteiger partial charge in [-0.25, -0.2) is 0 Å². The first kappa shape index (κ1) is 28.3. The second kappa shape index (κ2) is 10.5. The van der Waals surface area contributed by atoms with Crippen molar-refractivity contribution in [2.75, 3.05) is 0 Å². The van der Waals surface area contributed by atoms with Crippen LogP contribution in [-0.4, -0.2) is 52.1 Å². The van der Waals surface area contributed by atoms with Crippen LogP contribution in [0.25, 0.3) is 0 Å². The van der Waals surface area contributed by atoms with E-state index in [2.05, 4.69) is 67.7 Å². The van der Waals surface area contributed by atoms with Gasteiger partial charge in [-0.1, -0.05) is 59.8 Å². The Morgan fingerprint density at radius 1 is 0.774 bits per heavy atom. The minimum Gasteiger partial charge on any atom is -0.458 e. The number of rotatable bonds is 5. The standard InChI is InChI=1S/C13H24O3Si.C11H22O2Si/c1-10(14)15-11-7-8-12(9-11)16-17(5,6)13(2,3)4;1-11(2,3)14(4,5)13-10-7-6-9(12)8-10/h7-8,11-12H,9H2,1-6H3;6-7,9-10,12H,8H2,1-5H3/t11-,12-;9-,10-/m11/s1. The van der Waals surface area contributed by atoms with Gasteiger partial charge in [-0.15, -0.1) is 0 Å². The highest BCUT2D eigenvalue weighted by atomic mass is 28.4.